The SMILES string of the molecule is CC(NCc1cccc(Br)c1)C(N)=NO. The third-order valence-electron chi connectivity index (χ3n) is 2.06. The van der Waals surface area contributed by atoms with Gasteiger partial charge in [-0.3, -0.25) is 0 Å². The summed E-state index contributed by atoms with van der Waals surface area (Å²) < 4.78 is 1.04. The van der Waals surface area contributed by atoms with Crippen LogP contribution in [0.5, 0.6) is 0 Å². The maximum atomic E-state index is 8.46. The van der Waals surface area contributed by atoms with Crippen molar-refractivity contribution in [2.45, 2.75) is 19.5 Å². The van der Waals surface area contributed by atoms with Gasteiger partial charge in [0.2, 0.25) is 0 Å². The quantitative estimate of drug-likeness (QED) is 0.338. The van der Waals surface area contributed by atoms with Gasteiger partial charge in [-0.1, -0.05) is 33.2 Å². The summed E-state index contributed by atoms with van der Waals surface area (Å²) in [4.78, 5) is 0. The highest BCUT2D eigenvalue weighted by molar-refractivity contribution is 9.10. The van der Waals surface area contributed by atoms with E-state index >= 15 is 0 Å². The van der Waals surface area contributed by atoms with Crippen molar-refractivity contribution in [1.29, 1.82) is 0 Å². The van der Waals surface area contributed by atoms with Crippen LogP contribution in [0.4, 0.5) is 0 Å². The normalized spacial score (nSPS) is 13.9. The van der Waals surface area contributed by atoms with Crippen molar-refractivity contribution in [3.8, 4) is 0 Å². The van der Waals surface area contributed by atoms with Crippen LogP contribution in [0.3, 0.4) is 0 Å². The molecule has 0 spiro atoms. The molecule has 4 nitrogen and oxygen atoms in total. The van der Waals surface area contributed by atoms with E-state index in [1.165, 1.54) is 0 Å². The fourth-order valence-electron chi connectivity index (χ4n) is 1.11. The zero-order valence-corrected chi connectivity index (χ0v) is 10.0. The molecule has 0 saturated carbocycles. The van der Waals surface area contributed by atoms with Gasteiger partial charge in [-0.05, 0) is 24.6 Å². The van der Waals surface area contributed by atoms with Crippen molar-refractivity contribution in [1.82, 2.24) is 5.32 Å². The number of benzene rings is 1. The minimum Gasteiger partial charge on any atom is -0.409 e. The lowest BCUT2D eigenvalue weighted by Crippen LogP contribution is -2.38. The molecule has 1 aromatic rings. The number of rotatable bonds is 4. The summed E-state index contributed by atoms with van der Waals surface area (Å²) in [5.41, 5.74) is 6.58. The van der Waals surface area contributed by atoms with E-state index in [1.807, 2.05) is 31.2 Å². The molecule has 1 unspecified atom stereocenters. The summed E-state index contributed by atoms with van der Waals surface area (Å²) in [7, 11) is 0. The summed E-state index contributed by atoms with van der Waals surface area (Å²) in [6.07, 6.45) is 0. The molecule has 15 heavy (non-hydrogen) atoms. The lowest BCUT2D eigenvalue weighted by Gasteiger charge is -2.11. The second-order valence-electron chi connectivity index (χ2n) is 3.26. The van der Waals surface area contributed by atoms with Crippen LogP contribution in [-0.2, 0) is 6.54 Å². The van der Waals surface area contributed by atoms with E-state index in [0.717, 1.165) is 10.0 Å². The topological polar surface area (TPSA) is 70.6 Å². The molecule has 4 N–H and O–H groups in total. The first-order chi connectivity index (χ1) is 7.13. The number of halogens is 1. The van der Waals surface area contributed by atoms with Gasteiger partial charge in [-0.2, -0.15) is 0 Å². The van der Waals surface area contributed by atoms with Crippen LogP contribution in [0.1, 0.15) is 12.5 Å². The number of nitrogens with zero attached hydrogens (tertiary/aromatic N) is 1. The molecule has 0 fully saturated rings. The molecular formula is C10H14BrN3O. The summed E-state index contributed by atoms with van der Waals surface area (Å²) in [6, 6.07) is 7.82. The Labute approximate surface area is 97.3 Å². The maximum Gasteiger partial charge on any atom is 0.156 e. The summed E-state index contributed by atoms with van der Waals surface area (Å²) in [6.45, 7) is 2.52. The van der Waals surface area contributed by atoms with Gasteiger partial charge in [0.05, 0.1) is 6.04 Å². The molecule has 1 atom stereocenters. The average Bonchev–Trinajstić information content (AvgIpc) is 2.25. The minimum absolute atomic E-state index is 0.144. The first-order valence-electron chi connectivity index (χ1n) is 4.58. The minimum atomic E-state index is -0.144. The molecule has 0 aliphatic heterocycles. The van der Waals surface area contributed by atoms with E-state index in [-0.39, 0.29) is 11.9 Å². The molecule has 0 bridgehead atoms. The monoisotopic (exact) mass is 271 g/mol. The number of hydrogen-bond acceptors (Lipinski definition) is 3. The number of hydrogen-bond donors (Lipinski definition) is 3. The Morgan fingerprint density at radius 1 is 1.67 bits per heavy atom. The first kappa shape index (κ1) is 12.0. The fourth-order valence-corrected chi connectivity index (χ4v) is 1.56. The van der Waals surface area contributed by atoms with Crippen molar-refractivity contribution in [3.63, 3.8) is 0 Å². The molecule has 5 heteroatoms. The fraction of sp³-hybridized carbons (Fsp3) is 0.300. The van der Waals surface area contributed by atoms with E-state index in [0.29, 0.717) is 6.54 Å². The van der Waals surface area contributed by atoms with Crippen molar-refractivity contribution >= 4 is 21.8 Å². The van der Waals surface area contributed by atoms with Crippen LogP contribution in [-0.4, -0.2) is 17.1 Å². The number of oxime groups is 1. The van der Waals surface area contributed by atoms with Gasteiger partial charge in [0.1, 0.15) is 0 Å². The van der Waals surface area contributed by atoms with E-state index in [9.17, 15) is 0 Å². The number of amidine groups is 1. The van der Waals surface area contributed by atoms with E-state index in [1.54, 1.807) is 0 Å². The lowest BCUT2D eigenvalue weighted by atomic mass is 10.2. The molecule has 0 radical (unpaired) electrons. The number of nitrogens with two attached hydrogens (primary N) is 1. The van der Waals surface area contributed by atoms with Crippen LogP contribution in [0, 0.1) is 0 Å². The third kappa shape index (κ3) is 3.89. The van der Waals surface area contributed by atoms with Crippen LogP contribution in [0.25, 0.3) is 0 Å². The van der Waals surface area contributed by atoms with E-state index in [2.05, 4.69) is 26.4 Å². The van der Waals surface area contributed by atoms with Crippen LogP contribution < -0.4 is 11.1 Å². The molecule has 0 heterocycles. The molecule has 0 saturated heterocycles. The Bertz CT molecular complexity index is 354. The van der Waals surface area contributed by atoms with Crippen LogP contribution in [0.15, 0.2) is 33.9 Å². The van der Waals surface area contributed by atoms with Crippen LogP contribution >= 0.6 is 15.9 Å². The smallest absolute Gasteiger partial charge is 0.156 e. The Balaban J connectivity index is 2.50. The highest BCUT2D eigenvalue weighted by Gasteiger charge is 2.05. The second-order valence-corrected chi connectivity index (χ2v) is 4.17. The molecule has 1 aromatic carbocycles. The molecule has 82 valence electrons. The van der Waals surface area contributed by atoms with Crippen LogP contribution in [0.2, 0.25) is 0 Å². The highest BCUT2D eigenvalue weighted by atomic mass is 79.9. The van der Waals surface area contributed by atoms with E-state index in [4.69, 9.17) is 10.9 Å². The Morgan fingerprint density at radius 2 is 2.40 bits per heavy atom. The maximum absolute atomic E-state index is 8.46. The lowest BCUT2D eigenvalue weighted by molar-refractivity contribution is 0.315. The molecule has 1 rings (SSSR count). The van der Waals surface area contributed by atoms with Gasteiger partial charge in [0, 0.05) is 11.0 Å². The zero-order chi connectivity index (χ0) is 11.3. The Morgan fingerprint density at radius 3 is 3.00 bits per heavy atom. The van der Waals surface area contributed by atoms with Crippen molar-refractivity contribution in [2.75, 3.05) is 0 Å². The Hall–Kier alpha value is -1.07. The predicted molar refractivity (Wildman–Crippen MR) is 63.9 cm³/mol. The van der Waals surface area contributed by atoms with Gasteiger partial charge in [-0.25, -0.2) is 0 Å². The first-order valence-corrected chi connectivity index (χ1v) is 5.38. The zero-order valence-electron chi connectivity index (χ0n) is 8.44. The largest absolute Gasteiger partial charge is 0.409 e. The van der Waals surface area contributed by atoms with E-state index < -0.39 is 0 Å². The van der Waals surface area contributed by atoms with Gasteiger partial charge in [0.25, 0.3) is 0 Å². The highest BCUT2D eigenvalue weighted by Crippen LogP contribution is 2.11. The summed E-state index contributed by atoms with van der Waals surface area (Å²) in [5, 5.41) is 14.5. The standard InChI is InChI=1S/C10H14BrN3O/c1-7(10(12)14-15)13-6-8-3-2-4-9(11)5-8/h2-5,7,13,15H,6H2,1H3,(H2,12,14). The Kier molecular flexibility index (Phi) is 4.58. The molecular weight excluding hydrogens is 258 g/mol. The van der Waals surface area contributed by atoms with Crippen molar-refractivity contribution in [3.05, 3.63) is 34.3 Å². The van der Waals surface area contributed by atoms with Gasteiger partial charge in [0.15, 0.2) is 5.84 Å². The van der Waals surface area contributed by atoms with Crippen molar-refractivity contribution in [2.24, 2.45) is 10.9 Å². The van der Waals surface area contributed by atoms with Gasteiger partial charge >= 0.3 is 0 Å². The van der Waals surface area contributed by atoms with Gasteiger partial charge in [-0.15, -0.1) is 0 Å². The summed E-state index contributed by atoms with van der Waals surface area (Å²) in [5.74, 6) is 0.185. The third-order valence-corrected chi connectivity index (χ3v) is 2.55. The number of nitrogens with one attached hydrogen (secondary N) is 1. The van der Waals surface area contributed by atoms with Crippen molar-refractivity contribution < 1.29 is 5.21 Å². The van der Waals surface area contributed by atoms with Gasteiger partial charge < -0.3 is 16.3 Å². The molecule has 0 aliphatic carbocycles. The second kappa shape index (κ2) is 5.72. The predicted octanol–water partition coefficient (Wildman–Crippen LogP) is 1.67. The summed E-state index contributed by atoms with van der Waals surface area (Å²) >= 11 is 3.40. The molecule has 0 aliphatic rings. The average molecular weight is 272 g/mol. The molecule has 0 aromatic heterocycles. The molecule has 0 amide bonds.